The van der Waals surface area contributed by atoms with E-state index in [2.05, 4.69) is 17.1 Å². The summed E-state index contributed by atoms with van der Waals surface area (Å²) in [5.74, 6) is 0.584. The van der Waals surface area contributed by atoms with Crippen LogP contribution in [0.15, 0.2) is 18.2 Å². The SMILES string of the molecule is CCN1CCC(CNc2ccc(C)cc2[N+](=O)[O-])C1. The van der Waals surface area contributed by atoms with Crippen molar-refractivity contribution in [1.82, 2.24) is 4.90 Å². The minimum atomic E-state index is -0.317. The van der Waals surface area contributed by atoms with Crippen LogP contribution < -0.4 is 5.32 Å². The molecule has 1 fully saturated rings. The number of hydrogen-bond donors (Lipinski definition) is 1. The van der Waals surface area contributed by atoms with E-state index < -0.39 is 0 Å². The Hall–Kier alpha value is -1.62. The van der Waals surface area contributed by atoms with Crippen LogP contribution in [0.2, 0.25) is 0 Å². The summed E-state index contributed by atoms with van der Waals surface area (Å²) in [6.07, 6.45) is 1.17. The van der Waals surface area contributed by atoms with Crippen LogP contribution in [0.4, 0.5) is 11.4 Å². The molecule has 0 aromatic heterocycles. The summed E-state index contributed by atoms with van der Waals surface area (Å²) in [6, 6.07) is 5.33. The molecule has 0 amide bonds. The number of hydrogen-bond acceptors (Lipinski definition) is 4. The first kappa shape index (κ1) is 13.8. The lowest BCUT2D eigenvalue weighted by molar-refractivity contribution is -0.384. The first-order chi connectivity index (χ1) is 9.10. The van der Waals surface area contributed by atoms with Crippen LogP contribution in [0.25, 0.3) is 0 Å². The van der Waals surface area contributed by atoms with E-state index in [0.717, 1.165) is 31.7 Å². The van der Waals surface area contributed by atoms with Gasteiger partial charge in [-0.25, -0.2) is 0 Å². The molecule has 1 aromatic rings. The Labute approximate surface area is 113 Å². The van der Waals surface area contributed by atoms with Crippen molar-refractivity contribution in [3.8, 4) is 0 Å². The fourth-order valence-electron chi connectivity index (χ4n) is 2.56. The normalized spacial score (nSPS) is 19.6. The lowest BCUT2D eigenvalue weighted by Gasteiger charge is -2.14. The molecule has 0 saturated carbocycles. The molecule has 2 rings (SSSR count). The average Bonchev–Trinajstić information content (AvgIpc) is 2.85. The maximum absolute atomic E-state index is 11.0. The molecule has 1 N–H and O–H groups in total. The van der Waals surface area contributed by atoms with Gasteiger partial charge in [-0.2, -0.15) is 0 Å². The quantitative estimate of drug-likeness (QED) is 0.655. The molecule has 0 bridgehead atoms. The second-order valence-electron chi connectivity index (χ2n) is 5.21. The van der Waals surface area contributed by atoms with Crippen LogP contribution in [0.5, 0.6) is 0 Å². The lowest BCUT2D eigenvalue weighted by Crippen LogP contribution is -2.22. The van der Waals surface area contributed by atoms with Gasteiger partial charge in [0.25, 0.3) is 5.69 Å². The topological polar surface area (TPSA) is 58.4 Å². The van der Waals surface area contributed by atoms with Crippen LogP contribution in [-0.4, -0.2) is 36.0 Å². The molecule has 0 spiro atoms. The molecule has 1 atom stereocenters. The summed E-state index contributed by atoms with van der Waals surface area (Å²) in [7, 11) is 0. The number of aryl methyl sites for hydroxylation is 1. The van der Waals surface area contributed by atoms with Gasteiger partial charge in [0.1, 0.15) is 5.69 Å². The molecular formula is C14H21N3O2. The van der Waals surface area contributed by atoms with Gasteiger partial charge in [0.15, 0.2) is 0 Å². The first-order valence-corrected chi connectivity index (χ1v) is 6.81. The minimum absolute atomic E-state index is 0.172. The third kappa shape index (κ3) is 3.44. The van der Waals surface area contributed by atoms with Gasteiger partial charge in [0.2, 0.25) is 0 Å². The van der Waals surface area contributed by atoms with Crippen LogP contribution in [0.1, 0.15) is 18.9 Å². The fraction of sp³-hybridized carbons (Fsp3) is 0.571. The van der Waals surface area contributed by atoms with E-state index in [-0.39, 0.29) is 10.6 Å². The van der Waals surface area contributed by atoms with Gasteiger partial charge in [-0.3, -0.25) is 10.1 Å². The van der Waals surface area contributed by atoms with Gasteiger partial charge in [-0.1, -0.05) is 13.0 Å². The predicted molar refractivity (Wildman–Crippen MR) is 76.5 cm³/mol. The largest absolute Gasteiger partial charge is 0.379 e. The molecule has 19 heavy (non-hydrogen) atoms. The Morgan fingerprint density at radius 1 is 1.53 bits per heavy atom. The van der Waals surface area contributed by atoms with Crippen molar-refractivity contribution in [1.29, 1.82) is 0 Å². The Balaban J connectivity index is 1.98. The third-order valence-corrected chi connectivity index (χ3v) is 3.75. The molecule has 104 valence electrons. The molecule has 5 heteroatoms. The number of nitrogens with zero attached hydrogens (tertiary/aromatic N) is 2. The Bertz CT molecular complexity index is 462. The smallest absolute Gasteiger partial charge is 0.292 e. The van der Waals surface area contributed by atoms with Crippen molar-refractivity contribution >= 4 is 11.4 Å². The van der Waals surface area contributed by atoms with Crippen LogP contribution >= 0.6 is 0 Å². The van der Waals surface area contributed by atoms with Crippen molar-refractivity contribution in [2.24, 2.45) is 5.92 Å². The van der Waals surface area contributed by atoms with Gasteiger partial charge in [-0.05, 0) is 44.0 Å². The molecule has 1 aliphatic rings. The Morgan fingerprint density at radius 3 is 2.95 bits per heavy atom. The Kier molecular flexibility index (Phi) is 4.37. The van der Waals surface area contributed by atoms with E-state index in [1.807, 2.05) is 13.0 Å². The number of nitrogens with one attached hydrogen (secondary N) is 1. The highest BCUT2D eigenvalue weighted by atomic mass is 16.6. The van der Waals surface area contributed by atoms with E-state index >= 15 is 0 Å². The van der Waals surface area contributed by atoms with Crippen LogP contribution in [0, 0.1) is 23.0 Å². The lowest BCUT2D eigenvalue weighted by atomic mass is 10.1. The summed E-state index contributed by atoms with van der Waals surface area (Å²) < 4.78 is 0. The highest BCUT2D eigenvalue weighted by Crippen LogP contribution is 2.26. The van der Waals surface area contributed by atoms with Gasteiger partial charge < -0.3 is 10.2 Å². The summed E-state index contributed by atoms with van der Waals surface area (Å²) in [5.41, 5.74) is 1.71. The standard InChI is InChI=1S/C14H21N3O2/c1-3-16-7-6-12(10-16)9-15-13-5-4-11(2)8-14(13)17(18)19/h4-5,8,12,15H,3,6-7,9-10H2,1-2H3. The second kappa shape index (κ2) is 6.02. The summed E-state index contributed by atoms with van der Waals surface area (Å²) in [4.78, 5) is 13.1. The summed E-state index contributed by atoms with van der Waals surface area (Å²) in [5, 5.41) is 14.3. The van der Waals surface area contributed by atoms with Gasteiger partial charge in [0, 0.05) is 19.2 Å². The van der Waals surface area contributed by atoms with E-state index in [1.54, 1.807) is 12.1 Å². The molecule has 0 radical (unpaired) electrons. The molecule has 1 aromatic carbocycles. The summed E-state index contributed by atoms with van der Waals surface area (Å²) in [6.45, 7) is 8.15. The number of nitro groups is 1. The zero-order chi connectivity index (χ0) is 13.8. The van der Waals surface area contributed by atoms with Crippen molar-refractivity contribution < 1.29 is 4.92 Å². The van der Waals surface area contributed by atoms with Gasteiger partial charge >= 0.3 is 0 Å². The van der Waals surface area contributed by atoms with Crippen molar-refractivity contribution in [2.45, 2.75) is 20.3 Å². The zero-order valence-electron chi connectivity index (χ0n) is 11.6. The van der Waals surface area contributed by atoms with Crippen LogP contribution in [0.3, 0.4) is 0 Å². The molecule has 1 aliphatic heterocycles. The monoisotopic (exact) mass is 263 g/mol. The first-order valence-electron chi connectivity index (χ1n) is 6.81. The maximum atomic E-state index is 11.0. The molecule has 5 nitrogen and oxygen atoms in total. The van der Waals surface area contributed by atoms with Crippen molar-refractivity contribution in [2.75, 3.05) is 31.5 Å². The minimum Gasteiger partial charge on any atom is -0.379 e. The van der Waals surface area contributed by atoms with E-state index in [4.69, 9.17) is 0 Å². The molecule has 1 heterocycles. The fourth-order valence-corrected chi connectivity index (χ4v) is 2.56. The van der Waals surface area contributed by atoms with Crippen molar-refractivity contribution in [3.63, 3.8) is 0 Å². The number of nitro benzene ring substituents is 1. The average molecular weight is 263 g/mol. The summed E-state index contributed by atoms with van der Waals surface area (Å²) >= 11 is 0. The van der Waals surface area contributed by atoms with Gasteiger partial charge in [-0.15, -0.1) is 0 Å². The highest BCUT2D eigenvalue weighted by molar-refractivity contribution is 5.62. The number of likely N-dealkylation sites (tertiary alicyclic amines) is 1. The number of benzene rings is 1. The van der Waals surface area contributed by atoms with Crippen molar-refractivity contribution in [3.05, 3.63) is 33.9 Å². The molecule has 0 aliphatic carbocycles. The number of anilines is 1. The number of rotatable bonds is 5. The molecule has 1 saturated heterocycles. The second-order valence-corrected chi connectivity index (χ2v) is 5.21. The van der Waals surface area contributed by atoms with E-state index in [1.165, 1.54) is 6.42 Å². The Morgan fingerprint density at radius 2 is 2.32 bits per heavy atom. The highest BCUT2D eigenvalue weighted by Gasteiger charge is 2.22. The predicted octanol–water partition coefficient (Wildman–Crippen LogP) is 2.66. The van der Waals surface area contributed by atoms with Crippen LogP contribution in [-0.2, 0) is 0 Å². The maximum Gasteiger partial charge on any atom is 0.292 e. The third-order valence-electron chi connectivity index (χ3n) is 3.75. The van der Waals surface area contributed by atoms with E-state index in [0.29, 0.717) is 11.6 Å². The molecular weight excluding hydrogens is 242 g/mol. The zero-order valence-corrected chi connectivity index (χ0v) is 11.6. The van der Waals surface area contributed by atoms with Gasteiger partial charge in [0.05, 0.1) is 4.92 Å². The molecule has 1 unspecified atom stereocenters. The van der Waals surface area contributed by atoms with E-state index in [9.17, 15) is 10.1 Å².